The van der Waals surface area contributed by atoms with E-state index in [0.29, 0.717) is 19.1 Å². The zero-order valence-corrected chi connectivity index (χ0v) is 7.84. The van der Waals surface area contributed by atoms with Crippen LogP contribution in [-0.2, 0) is 14.3 Å². The lowest BCUT2D eigenvalue weighted by Gasteiger charge is -2.35. The standard InChI is InChI=1S/C9H15NO3/c1-12-8(11)9-6-10-5-7(9)3-2-4-13-9/h7,10H,2-6H2,1H3. The van der Waals surface area contributed by atoms with E-state index in [1.165, 1.54) is 7.11 Å². The second-order valence-electron chi connectivity index (χ2n) is 3.70. The number of ether oxygens (including phenoxy) is 2. The maximum atomic E-state index is 11.6. The maximum absolute atomic E-state index is 11.6. The van der Waals surface area contributed by atoms with E-state index < -0.39 is 5.60 Å². The average molecular weight is 185 g/mol. The van der Waals surface area contributed by atoms with Gasteiger partial charge in [-0.2, -0.15) is 0 Å². The van der Waals surface area contributed by atoms with Crippen LogP contribution in [0.4, 0.5) is 0 Å². The van der Waals surface area contributed by atoms with Crippen molar-refractivity contribution in [1.29, 1.82) is 0 Å². The molecule has 0 amide bonds. The molecule has 0 aliphatic carbocycles. The fourth-order valence-electron chi connectivity index (χ4n) is 2.30. The lowest BCUT2D eigenvalue weighted by atomic mass is 9.85. The third-order valence-electron chi connectivity index (χ3n) is 3.03. The second kappa shape index (κ2) is 3.27. The van der Waals surface area contributed by atoms with Crippen molar-refractivity contribution >= 4 is 5.97 Å². The van der Waals surface area contributed by atoms with E-state index in [0.717, 1.165) is 19.4 Å². The molecular weight excluding hydrogens is 170 g/mol. The summed E-state index contributed by atoms with van der Waals surface area (Å²) in [6, 6.07) is 0. The van der Waals surface area contributed by atoms with Crippen molar-refractivity contribution in [1.82, 2.24) is 5.32 Å². The molecule has 13 heavy (non-hydrogen) atoms. The highest BCUT2D eigenvalue weighted by Crippen LogP contribution is 2.34. The molecule has 0 aromatic rings. The van der Waals surface area contributed by atoms with Crippen LogP contribution < -0.4 is 5.32 Å². The summed E-state index contributed by atoms with van der Waals surface area (Å²) in [4.78, 5) is 11.6. The van der Waals surface area contributed by atoms with Gasteiger partial charge in [0.05, 0.1) is 7.11 Å². The second-order valence-corrected chi connectivity index (χ2v) is 3.70. The third-order valence-corrected chi connectivity index (χ3v) is 3.03. The van der Waals surface area contributed by atoms with E-state index >= 15 is 0 Å². The number of hydrogen-bond donors (Lipinski definition) is 1. The average Bonchev–Trinajstić information content (AvgIpc) is 2.61. The fraction of sp³-hybridized carbons (Fsp3) is 0.889. The smallest absolute Gasteiger partial charge is 0.339 e. The summed E-state index contributed by atoms with van der Waals surface area (Å²) in [5, 5.41) is 3.19. The van der Waals surface area contributed by atoms with Gasteiger partial charge in [-0.1, -0.05) is 0 Å². The Kier molecular flexibility index (Phi) is 2.26. The minimum absolute atomic E-state index is 0.220. The summed E-state index contributed by atoms with van der Waals surface area (Å²) in [5.74, 6) is 0.0795. The molecule has 0 spiro atoms. The Hall–Kier alpha value is -0.610. The lowest BCUT2D eigenvalue weighted by Crippen LogP contribution is -2.51. The van der Waals surface area contributed by atoms with Gasteiger partial charge in [-0.3, -0.25) is 0 Å². The number of methoxy groups -OCH3 is 1. The van der Waals surface area contributed by atoms with Gasteiger partial charge >= 0.3 is 5.97 Å². The SMILES string of the molecule is COC(=O)C12CNCC1CCCO2. The molecule has 2 heterocycles. The van der Waals surface area contributed by atoms with Crippen molar-refractivity contribution in [3.63, 3.8) is 0 Å². The van der Waals surface area contributed by atoms with Gasteiger partial charge in [0.2, 0.25) is 0 Å². The van der Waals surface area contributed by atoms with E-state index in [-0.39, 0.29) is 5.97 Å². The van der Waals surface area contributed by atoms with Gasteiger partial charge in [0.1, 0.15) is 0 Å². The Labute approximate surface area is 77.6 Å². The van der Waals surface area contributed by atoms with Crippen molar-refractivity contribution in [3.05, 3.63) is 0 Å². The predicted molar refractivity (Wildman–Crippen MR) is 46.3 cm³/mol. The van der Waals surface area contributed by atoms with Crippen molar-refractivity contribution in [3.8, 4) is 0 Å². The van der Waals surface area contributed by atoms with Crippen molar-refractivity contribution in [2.45, 2.75) is 18.4 Å². The summed E-state index contributed by atoms with van der Waals surface area (Å²) in [5.41, 5.74) is -0.674. The largest absolute Gasteiger partial charge is 0.467 e. The number of nitrogens with one attached hydrogen (secondary N) is 1. The summed E-state index contributed by atoms with van der Waals surface area (Å²) in [6.45, 7) is 2.15. The molecule has 2 unspecified atom stereocenters. The highest BCUT2D eigenvalue weighted by Gasteiger charge is 2.52. The molecule has 0 aromatic heterocycles. The van der Waals surface area contributed by atoms with E-state index in [2.05, 4.69) is 5.32 Å². The number of rotatable bonds is 1. The molecule has 1 N–H and O–H groups in total. The summed E-state index contributed by atoms with van der Waals surface area (Å²) in [7, 11) is 1.42. The van der Waals surface area contributed by atoms with E-state index in [9.17, 15) is 4.79 Å². The summed E-state index contributed by atoms with van der Waals surface area (Å²) >= 11 is 0. The molecule has 2 aliphatic heterocycles. The molecule has 4 heteroatoms. The molecule has 0 saturated carbocycles. The Morgan fingerprint density at radius 1 is 1.69 bits per heavy atom. The third kappa shape index (κ3) is 1.25. The van der Waals surface area contributed by atoms with Gasteiger partial charge in [0.15, 0.2) is 5.60 Å². The van der Waals surface area contributed by atoms with Crippen LogP contribution in [0.1, 0.15) is 12.8 Å². The first-order valence-corrected chi connectivity index (χ1v) is 4.73. The Bertz CT molecular complexity index is 219. The first-order chi connectivity index (χ1) is 6.29. The van der Waals surface area contributed by atoms with Crippen LogP contribution in [0.15, 0.2) is 0 Å². The molecule has 2 saturated heterocycles. The fourth-order valence-corrected chi connectivity index (χ4v) is 2.30. The van der Waals surface area contributed by atoms with E-state index in [1.807, 2.05) is 0 Å². The number of carbonyl (C=O) groups excluding carboxylic acids is 1. The Morgan fingerprint density at radius 2 is 2.54 bits per heavy atom. The molecule has 4 nitrogen and oxygen atoms in total. The predicted octanol–water partition coefficient (Wildman–Crippen LogP) is -0.0720. The van der Waals surface area contributed by atoms with Gasteiger partial charge in [0.25, 0.3) is 0 Å². The Balaban J connectivity index is 2.20. The van der Waals surface area contributed by atoms with Crippen molar-refractivity contribution < 1.29 is 14.3 Å². The van der Waals surface area contributed by atoms with E-state index in [4.69, 9.17) is 9.47 Å². The number of carbonyl (C=O) groups is 1. The van der Waals surface area contributed by atoms with Gasteiger partial charge in [-0.25, -0.2) is 4.79 Å². The zero-order chi connectivity index (χ0) is 9.31. The van der Waals surface area contributed by atoms with Crippen LogP contribution in [0, 0.1) is 5.92 Å². The van der Waals surface area contributed by atoms with Crippen LogP contribution in [0.5, 0.6) is 0 Å². The minimum Gasteiger partial charge on any atom is -0.467 e. The molecule has 2 atom stereocenters. The number of hydrogen-bond acceptors (Lipinski definition) is 4. The molecule has 74 valence electrons. The summed E-state index contributed by atoms with van der Waals surface area (Å²) < 4.78 is 10.4. The van der Waals surface area contributed by atoms with Gasteiger partial charge in [0, 0.05) is 25.6 Å². The molecular formula is C9H15NO3. The van der Waals surface area contributed by atoms with Crippen LogP contribution in [0.3, 0.4) is 0 Å². The van der Waals surface area contributed by atoms with Crippen LogP contribution >= 0.6 is 0 Å². The summed E-state index contributed by atoms with van der Waals surface area (Å²) in [6.07, 6.45) is 2.10. The van der Waals surface area contributed by atoms with E-state index in [1.54, 1.807) is 0 Å². The van der Waals surface area contributed by atoms with Crippen LogP contribution in [0.25, 0.3) is 0 Å². The Morgan fingerprint density at radius 3 is 3.31 bits per heavy atom. The minimum atomic E-state index is -0.674. The van der Waals surface area contributed by atoms with Gasteiger partial charge in [-0.05, 0) is 12.8 Å². The molecule has 0 aromatic carbocycles. The maximum Gasteiger partial charge on any atom is 0.339 e. The number of fused-ring (bicyclic) bond motifs is 1. The first kappa shape index (κ1) is 8.97. The molecule has 0 radical (unpaired) electrons. The highest BCUT2D eigenvalue weighted by atomic mass is 16.6. The van der Waals surface area contributed by atoms with Crippen molar-refractivity contribution in [2.24, 2.45) is 5.92 Å². The van der Waals surface area contributed by atoms with Crippen LogP contribution in [-0.4, -0.2) is 38.4 Å². The first-order valence-electron chi connectivity index (χ1n) is 4.73. The van der Waals surface area contributed by atoms with Gasteiger partial charge < -0.3 is 14.8 Å². The van der Waals surface area contributed by atoms with Crippen molar-refractivity contribution in [2.75, 3.05) is 26.8 Å². The molecule has 0 bridgehead atoms. The quantitative estimate of drug-likeness (QED) is 0.581. The lowest BCUT2D eigenvalue weighted by molar-refractivity contribution is -0.178. The monoisotopic (exact) mass is 185 g/mol. The molecule has 2 fully saturated rings. The molecule has 2 rings (SSSR count). The zero-order valence-electron chi connectivity index (χ0n) is 7.84. The molecule has 2 aliphatic rings. The normalized spacial score (nSPS) is 38.4. The highest BCUT2D eigenvalue weighted by molar-refractivity contribution is 5.81. The number of esters is 1. The van der Waals surface area contributed by atoms with Gasteiger partial charge in [-0.15, -0.1) is 0 Å². The van der Waals surface area contributed by atoms with Crippen LogP contribution in [0.2, 0.25) is 0 Å². The topological polar surface area (TPSA) is 47.6 Å².